The van der Waals surface area contributed by atoms with Crippen LogP contribution < -0.4 is 9.64 Å². The maximum absolute atomic E-state index is 15.5. The van der Waals surface area contributed by atoms with Crippen molar-refractivity contribution in [1.82, 2.24) is 0 Å². The van der Waals surface area contributed by atoms with Gasteiger partial charge in [0.25, 0.3) is 0 Å². The van der Waals surface area contributed by atoms with Gasteiger partial charge in [0.2, 0.25) is 11.5 Å². The van der Waals surface area contributed by atoms with Gasteiger partial charge in [-0.15, -0.1) is 0 Å². The summed E-state index contributed by atoms with van der Waals surface area (Å²) in [6, 6.07) is 16.3. The lowest BCUT2D eigenvalue weighted by molar-refractivity contribution is -0.328. The molecule has 10 heteroatoms. The van der Waals surface area contributed by atoms with Gasteiger partial charge in [0.05, 0.1) is 22.5 Å². The number of benzene rings is 3. The molecule has 4 atom stereocenters. The molecule has 1 unspecified atom stereocenters. The number of carbonyl (C=O) groups excluding carboxylic acids is 1. The largest absolute Gasteiger partial charge is 0.489 e. The SMILES string of the molecule is C[C@H](C(=O)N1C[C@@H](Oc2ccc(Cl)c(Cl)c2)CCc2cc3c(cc21)[C@@](C)(F)C3(O)C(F)(F)F)c1ccccc1. The number of hydrogen-bond donors (Lipinski definition) is 1. The van der Waals surface area contributed by atoms with Crippen LogP contribution in [0.2, 0.25) is 10.0 Å². The topological polar surface area (TPSA) is 49.8 Å². The van der Waals surface area contributed by atoms with E-state index in [1.54, 1.807) is 37.3 Å². The Hall–Kier alpha value is -2.81. The number of amides is 1. The molecule has 1 aliphatic carbocycles. The number of halogens is 6. The fourth-order valence-electron chi connectivity index (χ4n) is 5.45. The molecule has 0 fully saturated rings. The van der Waals surface area contributed by atoms with Crippen LogP contribution in [-0.4, -0.2) is 29.8 Å². The van der Waals surface area contributed by atoms with Crippen LogP contribution in [0.4, 0.5) is 23.2 Å². The molecule has 0 aromatic heterocycles. The van der Waals surface area contributed by atoms with Crippen LogP contribution >= 0.6 is 23.2 Å². The first-order valence-corrected chi connectivity index (χ1v) is 13.1. The average molecular weight is 582 g/mol. The molecule has 5 rings (SSSR count). The van der Waals surface area contributed by atoms with Gasteiger partial charge in [0.15, 0.2) is 5.67 Å². The third-order valence-electron chi connectivity index (χ3n) is 7.75. The van der Waals surface area contributed by atoms with Gasteiger partial charge < -0.3 is 14.7 Å². The van der Waals surface area contributed by atoms with E-state index in [2.05, 4.69) is 0 Å². The van der Waals surface area contributed by atoms with E-state index >= 15 is 4.39 Å². The number of carbonyl (C=O) groups is 1. The Labute approximate surface area is 233 Å². The second kappa shape index (κ2) is 9.68. The van der Waals surface area contributed by atoms with Gasteiger partial charge in [-0.05, 0) is 62.1 Å². The first kappa shape index (κ1) is 27.7. The fourth-order valence-corrected chi connectivity index (χ4v) is 5.74. The first-order chi connectivity index (χ1) is 18.3. The molecule has 0 saturated heterocycles. The number of nitrogens with zero attached hydrogens (tertiary/aromatic N) is 1. The van der Waals surface area contributed by atoms with E-state index < -0.39 is 35.0 Å². The Morgan fingerprint density at radius 2 is 1.77 bits per heavy atom. The van der Waals surface area contributed by atoms with Crippen molar-refractivity contribution in [3.63, 3.8) is 0 Å². The maximum Gasteiger partial charge on any atom is 0.425 e. The molecule has 1 amide bonds. The van der Waals surface area contributed by atoms with E-state index in [1.807, 2.05) is 18.2 Å². The lowest BCUT2D eigenvalue weighted by atomic mass is 9.61. The standard InChI is InChI=1S/C29H25Cl2F4NO3/c1-16(17-6-4-3-5-7-17)26(37)36-15-20(39-19-10-11-23(30)24(31)13-19)9-8-18-12-22-21(14-25(18)36)27(2,32)28(22,38)29(33,34)35/h3-7,10-14,16,20,38H,8-9,15H2,1-2H3/t16-,20-,27+,28?/m0/s1. The van der Waals surface area contributed by atoms with Gasteiger partial charge >= 0.3 is 6.18 Å². The molecule has 0 bridgehead atoms. The van der Waals surface area contributed by atoms with E-state index in [-0.39, 0.29) is 29.5 Å². The minimum Gasteiger partial charge on any atom is -0.489 e. The molecule has 39 heavy (non-hydrogen) atoms. The molecule has 2 aliphatic rings. The van der Waals surface area contributed by atoms with Crippen LogP contribution in [0.1, 0.15) is 48.4 Å². The minimum atomic E-state index is -5.22. The summed E-state index contributed by atoms with van der Waals surface area (Å²) in [5.41, 5.74) is -6.12. The number of aliphatic hydroxyl groups is 1. The molecule has 1 heterocycles. The summed E-state index contributed by atoms with van der Waals surface area (Å²) in [6.07, 6.45) is -5.21. The van der Waals surface area contributed by atoms with E-state index in [1.165, 1.54) is 17.0 Å². The highest BCUT2D eigenvalue weighted by molar-refractivity contribution is 6.42. The molecule has 4 nitrogen and oxygen atoms in total. The zero-order chi connectivity index (χ0) is 28.3. The molecule has 206 valence electrons. The van der Waals surface area contributed by atoms with Gasteiger partial charge in [-0.2, -0.15) is 13.2 Å². The molecule has 0 spiro atoms. The summed E-state index contributed by atoms with van der Waals surface area (Å²) < 4.78 is 63.1. The van der Waals surface area contributed by atoms with E-state index in [0.717, 1.165) is 5.56 Å². The Bertz CT molecular complexity index is 1430. The number of ether oxygens (including phenoxy) is 1. The Balaban J connectivity index is 1.57. The molecule has 3 aromatic rings. The number of hydrogen-bond acceptors (Lipinski definition) is 3. The lowest BCUT2D eigenvalue weighted by Gasteiger charge is -2.51. The Kier molecular flexibility index (Phi) is 6.89. The number of fused-ring (bicyclic) bond motifs is 2. The predicted molar refractivity (Wildman–Crippen MR) is 141 cm³/mol. The first-order valence-electron chi connectivity index (χ1n) is 12.4. The number of anilines is 1. The van der Waals surface area contributed by atoms with Crippen LogP contribution in [0.25, 0.3) is 0 Å². The van der Waals surface area contributed by atoms with Crippen LogP contribution in [-0.2, 0) is 22.5 Å². The zero-order valence-electron chi connectivity index (χ0n) is 21.0. The van der Waals surface area contributed by atoms with E-state index in [4.69, 9.17) is 27.9 Å². The highest BCUT2D eigenvalue weighted by Gasteiger charge is 2.74. The molecule has 1 aliphatic heterocycles. The van der Waals surface area contributed by atoms with Gasteiger partial charge in [0, 0.05) is 22.9 Å². The number of alkyl halides is 4. The highest BCUT2D eigenvalue weighted by Crippen LogP contribution is 2.63. The zero-order valence-corrected chi connectivity index (χ0v) is 22.5. The molecule has 3 aromatic carbocycles. The molecular weight excluding hydrogens is 557 g/mol. The van der Waals surface area contributed by atoms with Crippen molar-refractivity contribution in [2.45, 2.75) is 56.2 Å². The van der Waals surface area contributed by atoms with E-state index in [0.29, 0.717) is 35.4 Å². The second-order valence-electron chi connectivity index (χ2n) is 10.2. The normalized spacial score (nSPS) is 25.2. The smallest absolute Gasteiger partial charge is 0.425 e. The summed E-state index contributed by atoms with van der Waals surface area (Å²) in [5, 5.41) is 11.1. The highest BCUT2D eigenvalue weighted by atomic mass is 35.5. The summed E-state index contributed by atoms with van der Waals surface area (Å²) >= 11 is 12.1. The Morgan fingerprint density at radius 3 is 2.41 bits per heavy atom. The second-order valence-corrected chi connectivity index (χ2v) is 11.0. The van der Waals surface area contributed by atoms with Crippen LogP contribution in [0.3, 0.4) is 0 Å². The minimum absolute atomic E-state index is 0.0641. The number of rotatable bonds is 4. The molecule has 0 saturated carbocycles. The average Bonchev–Trinajstić information content (AvgIpc) is 3.07. The van der Waals surface area contributed by atoms with Crippen molar-refractivity contribution in [2.24, 2.45) is 0 Å². The van der Waals surface area contributed by atoms with Gasteiger partial charge in [0.1, 0.15) is 11.9 Å². The van der Waals surface area contributed by atoms with E-state index in [9.17, 15) is 23.1 Å². The van der Waals surface area contributed by atoms with Crippen molar-refractivity contribution < 1.29 is 32.2 Å². The fraction of sp³-hybridized carbons (Fsp3) is 0.345. The van der Waals surface area contributed by atoms with Crippen molar-refractivity contribution in [3.05, 3.63) is 93.0 Å². The quantitative estimate of drug-likeness (QED) is 0.325. The summed E-state index contributed by atoms with van der Waals surface area (Å²) in [5.74, 6) is -0.506. The third-order valence-corrected chi connectivity index (χ3v) is 8.49. The molecule has 0 radical (unpaired) electrons. The van der Waals surface area contributed by atoms with Crippen LogP contribution in [0, 0.1) is 0 Å². The van der Waals surface area contributed by atoms with Crippen LogP contribution in [0.5, 0.6) is 5.75 Å². The predicted octanol–water partition coefficient (Wildman–Crippen LogP) is 7.47. The molecular formula is C29H25Cl2F4NO3. The van der Waals surface area contributed by atoms with Crippen molar-refractivity contribution >= 4 is 34.8 Å². The van der Waals surface area contributed by atoms with Crippen molar-refractivity contribution in [3.8, 4) is 5.75 Å². The maximum atomic E-state index is 15.5. The van der Waals surface area contributed by atoms with Crippen molar-refractivity contribution in [2.75, 3.05) is 11.4 Å². The summed E-state index contributed by atoms with van der Waals surface area (Å²) in [7, 11) is 0. The van der Waals surface area contributed by atoms with Gasteiger partial charge in [-0.25, -0.2) is 4.39 Å². The lowest BCUT2D eigenvalue weighted by Crippen LogP contribution is -2.62. The molecule has 1 N–H and O–H groups in total. The number of aryl methyl sites for hydroxylation is 1. The van der Waals surface area contributed by atoms with Crippen LogP contribution in [0.15, 0.2) is 60.7 Å². The summed E-state index contributed by atoms with van der Waals surface area (Å²) in [6.45, 7) is 2.51. The van der Waals surface area contributed by atoms with Gasteiger partial charge in [-0.1, -0.05) is 53.5 Å². The summed E-state index contributed by atoms with van der Waals surface area (Å²) in [4.78, 5) is 15.3. The monoisotopic (exact) mass is 581 g/mol. The van der Waals surface area contributed by atoms with Crippen molar-refractivity contribution in [1.29, 1.82) is 0 Å². The van der Waals surface area contributed by atoms with Gasteiger partial charge in [-0.3, -0.25) is 4.79 Å². The Morgan fingerprint density at radius 1 is 1.08 bits per heavy atom. The third kappa shape index (κ3) is 4.46.